The van der Waals surface area contributed by atoms with Crippen molar-refractivity contribution in [2.45, 2.75) is 31.8 Å². The minimum absolute atomic E-state index is 0.0628. The molecule has 132 valence electrons. The quantitative estimate of drug-likeness (QED) is 0.685. The number of halogens is 1. The molecule has 0 unspecified atom stereocenters. The SMILES string of the molecule is Cc1cc(CS(=O)(=O)[C@H](C)c2nc(-c3ccc(C)c(F)c3)no2)on1. The van der Waals surface area contributed by atoms with Crippen LogP contribution < -0.4 is 0 Å². The van der Waals surface area contributed by atoms with E-state index in [1.54, 1.807) is 32.0 Å². The molecule has 0 fully saturated rings. The molecule has 0 amide bonds. The van der Waals surface area contributed by atoms with Gasteiger partial charge in [0.25, 0.3) is 0 Å². The van der Waals surface area contributed by atoms with Crippen LogP contribution in [0, 0.1) is 19.7 Å². The van der Waals surface area contributed by atoms with Crippen molar-refractivity contribution >= 4 is 9.84 Å². The van der Waals surface area contributed by atoms with Gasteiger partial charge in [-0.25, -0.2) is 12.8 Å². The Balaban J connectivity index is 1.84. The Hall–Kier alpha value is -2.55. The van der Waals surface area contributed by atoms with E-state index >= 15 is 0 Å². The highest BCUT2D eigenvalue weighted by molar-refractivity contribution is 7.90. The highest BCUT2D eigenvalue weighted by Gasteiger charge is 2.30. The highest BCUT2D eigenvalue weighted by Crippen LogP contribution is 2.27. The first kappa shape index (κ1) is 17.3. The molecule has 3 aromatic rings. The molecule has 2 heterocycles. The van der Waals surface area contributed by atoms with Crippen LogP contribution in [0.3, 0.4) is 0 Å². The van der Waals surface area contributed by atoms with Crippen LogP contribution in [-0.2, 0) is 15.6 Å². The Morgan fingerprint density at radius 2 is 1.92 bits per heavy atom. The van der Waals surface area contributed by atoms with Crippen molar-refractivity contribution in [2.75, 3.05) is 0 Å². The van der Waals surface area contributed by atoms with Gasteiger partial charge in [-0.1, -0.05) is 22.4 Å². The van der Waals surface area contributed by atoms with Gasteiger partial charge in [0.2, 0.25) is 11.7 Å². The third kappa shape index (κ3) is 3.60. The van der Waals surface area contributed by atoms with Crippen LogP contribution in [0.2, 0.25) is 0 Å². The van der Waals surface area contributed by atoms with Crippen molar-refractivity contribution in [2.24, 2.45) is 0 Å². The molecule has 0 N–H and O–H groups in total. The third-order valence-corrected chi connectivity index (χ3v) is 5.74. The van der Waals surface area contributed by atoms with Gasteiger partial charge < -0.3 is 9.05 Å². The molecule has 1 aromatic carbocycles. The number of benzene rings is 1. The summed E-state index contributed by atoms with van der Waals surface area (Å²) in [6, 6.07) is 6.07. The standard InChI is InChI=1S/C16H16FN3O4S/c1-9-4-5-12(7-14(9)17)15-18-16(24-20-15)11(3)25(21,22)8-13-6-10(2)19-23-13/h4-7,11H,8H2,1-3H3/t11-/m1/s1. The predicted molar refractivity (Wildman–Crippen MR) is 86.7 cm³/mol. The molecule has 0 aliphatic heterocycles. The zero-order valence-electron chi connectivity index (χ0n) is 13.9. The van der Waals surface area contributed by atoms with Gasteiger partial charge in [0.05, 0.1) is 5.69 Å². The van der Waals surface area contributed by atoms with E-state index in [0.29, 0.717) is 16.8 Å². The Kier molecular flexibility index (Phi) is 4.42. The maximum atomic E-state index is 13.7. The zero-order chi connectivity index (χ0) is 18.2. The van der Waals surface area contributed by atoms with E-state index in [0.717, 1.165) is 0 Å². The van der Waals surface area contributed by atoms with Crippen molar-refractivity contribution in [1.82, 2.24) is 15.3 Å². The second-order valence-corrected chi connectivity index (χ2v) is 8.13. The molecule has 0 spiro atoms. The number of aryl methyl sites for hydroxylation is 2. The fourth-order valence-electron chi connectivity index (χ4n) is 2.21. The summed E-state index contributed by atoms with van der Waals surface area (Å²) in [5, 5.41) is 6.38. The van der Waals surface area contributed by atoms with Crippen LogP contribution in [0.25, 0.3) is 11.4 Å². The average molecular weight is 365 g/mol. The van der Waals surface area contributed by atoms with Gasteiger partial charge in [0.15, 0.2) is 15.6 Å². The van der Waals surface area contributed by atoms with Gasteiger partial charge in [-0.05, 0) is 32.4 Å². The molecule has 0 saturated carbocycles. The van der Waals surface area contributed by atoms with Gasteiger partial charge >= 0.3 is 0 Å². The summed E-state index contributed by atoms with van der Waals surface area (Å²) < 4.78 is 48.6. The van der Waals surface area contributed by atoms with E-state index in [4.69, 9.17) is 9.05 Å². The van der Waals surface area contributed by atoms with E-state index < -0.39 is 20.9 Å². The number of hydrogen-bond donors (Lipinski definition) is 0. The second kappa shape index (κ2) is 6.40. The molecule has 0 bridgehead atoms. The van der Waals surface area contributed by atoms with Crippen molar-refractivity contribution in [3.05, 3.63) is 53.0 Å². The number of aromatic nitrogens is 3. The molecule has 0 aliphatic carbocycles. The van der Waals surface area contributed by atoms with Crippen molar-refractivity contribution < 1.29 is 21.9 Å². The van der Waals surface area contributed by atoms with Crippen LogP contribution in [0.15, 0.2) is 33.3 Å². The second-order valence-electron chi connectivity index (χ2n) is 5.80. The fourth-order valence-corrected chi connectivity index (χ4v) is 3.40. The summed E-state index contributed by atoms with van der Waals surface area (Å²) in [7, 11) is -3.64. The Labute approximate surface area is 143 Å². The van der Waals surface area contributed by atoms with Crippen molar-refractivity contribution in [1.29, 1.82) is 0 Å². The molecule has 2 aromatic heterocycles. The van der Waals surface area contributed by atoms with E-state index in [2.05, 4.69) is 15.3 Å². The number of rotatable bonds is 5. The lowest BCUT2D eigenvalue weighted by molar-refractivity contribution is 0.374. The first-order valence-electron chi connectivity index (χ1n) is 7.50. The van der Waals surface area contributed by atoms with Crippen LogP contribution in [0.4, 0.5) is 4.39 Å². The summed E-state index contributed by atoms with van der Waals surface area (Å²) in [5.74, 6) is -0.417. The van der Waals surface area contributed by atoms with Crippen LogP contribution >= 0.6 is 0 Å². The fraction of sp³-hybridized carbons (Fsp3) is 0.312. The molecular formula is C16H16FN3O4S. The number of sulfone groups is 1. The van der Waals surface area contributed by atoms with Gasteiger partial charge in [-0.2, -0.15) is 4.98 Å². The van der Waals surface area contributed by atoms with Gasteiger partial charge in [0.1, 0.15) is 16.8 Å². The van der Waals surface area contributed by atoms with E-state index in [1.807, 2.05) is 0 Å². The summed E-state index contributed by atoms with van der Waals surface area (Å²) in [6.45, 7) is 4.79. The number of nitrogens with zero attached hydrogens (tertiary/aromatic N) is 3. The Bertz CT molecular complexity index is 1010. The Morgan fingerprint density at radius 1 is 1.16 bits per heavy atom. The van der Waals surface area contributed by atoms with Crippen molar-refractivity contribution in [3.8, 4) is 11.4 Å². The molecule has 9 heteroatoms. The maximum Gasteiger partial charge on any atom is 0.245 e. The monoisotopic (exact) mass is 365 g/mol. The highest BCUT2D eigenvalue weighted by atomic mass is 32.2. The molecule has 3 rings (SSSR count). The average Bonchev–Trinajstić information content (AvgIpc) is 3.18. The predicted octanol–water partition coefficient (Wildman–Crippen LogP) is 3.16. The third-order valence-electron chi connectivity index (χ3n) is 3.78. The van der Waals surface area contributed by atoms with Crippen molar-refractivity contribution in [3.63, 3.8) is 0 Å². The molecule has 0 aliphatic rings. The lowest BCUT2D eigenvalue weighted by atomic mass is 10.1. The minimum Gasteiger partial charge on any atom is -0.360 e. The summed E-state index contributed by atoms with van der Waals surface area (Å²) in [6.07, 6.45) is 0. The van der Waals surface area contributed by atoms with E-state index in [-0.39, 0.29) is 23.2 Å². The molecule has 25 heavy (non-hydrogen) atoms. The lowest BCUT2D eigenvalue weighted by Gasteiger charge is -2.06. The first-order chi connectivity index (χ1) is 11.8. The van der Waals surface area contributed by atoms with Crippen LogP contribution in [0.1, 0.15) is 35.1 Å². The topological polar surface area (TPSA) is 99.1 Å². The molecule has 7 nitrogen and oxygen atoms in total. The largest absolute Gasteiger partial charge is 0.360 e. The minimum atomic E-state index is -3.64. The normalized spacial score (nSPS) is 13.1. The molecule has 1 atom stereocenters. The summed E-state index contributed by atoms with van der Waals surface area (Å²) in [4.78, 5) is 4.09. The smallest absolute Gasteiger partial charge is 0.245 e. The number of hydrogen-bond acceptors (Lipinski definition) is 7. The van der Waals surface area contributed by atoms with Gasteiger partial charge in [-0.3, -0.25) is 0 Å². The summed E-state index contributed by atoms with van der Waals surface area (Å²) >= 11 is 0. The Morgan fingerprint density at radius 3 is 2.56 bits per heavy atom. The van der Waals surface area contributed by atoms with Crippen LogP contribution in [0.5, 0.6) is 0 Å². The zero-order valence-corrected chi connectivity index (χ0v) is 14.7. The van der Waals surface area contributed by atoms with Gasteiger partial charge in [0, 0.05) is 11.6 Å². The molecule has 0 radical (unpaired) electrons. The lowest BCUT2D eigenvalue weighted by Crippen LogP contribution is -2.13. The van der Waals surface area contributed by atoms with Crippen LogP contribution in [-0.4, -0.2) is 23.7 Å². The molecular weight excluding hydrogens is 349 g/mol. The summed E-state index contributed by atoms with van der Waals surface area (Å²) in [5.41, 5.74) is 1.50. The maximum absolute atomic E-state index is 13.7. The van der Waals surface area contributed by atoms with Gasteiger partial charge in [-0.15, -0.1) is 0 Å². The van der Waals surface area contributed by atoms with E-state index in [9.17, 15) is 12.8 Å². The molecule has 0 saturated heterocycles. The van der Waals surface area contributed by atoms with E-state index in [1.165, 1.54) is 13.0 Å². The first-order valence-corrected chi connectivity index (χ1v) is 9.21.